The second-order valence-electron chi connectivity index (χ2n) is 5.64. The molecule has 1 aromatic carbocycles. The van der Waals surface area contributed by atoms with Gasteiger partial charge in [0.2, 0.25) is 0 Å². The van der Waals surface area contributed by atoms with E-state index in [9.17, 15) is 4.79 Å². The molecule has 0 saturated heterocycles. The minimum absolute atomic E-state index is 0.234. The van der Waals surface area contributed by atoms with Gasteiger partial charge in [-0.1, -0.05) is 18.2 Å². The average molecular weight is 348 g/mol. The quantitative estimate of drug-likeness (QED) is 0.717. The van der Waals surface area contributed by atoms with Gasteiger partial charge in [0, 0.05) is 37.2 Å². The van der Waals surface area contributed by atoms with Crippen LogP contribution in [0.15, 0.2) is 67.1 Å². The average Bonchev–Trinajstić information content (AvgIpc) is 2.72. The maximum Gasteiger partial charge on any atom is 0.315 e. The highest BCUT2D eigenvalue weighted by Crippen LogP contribution is 2.19. The summed E-state index contributed by atoms with van der Waals surface area (Å²) in [7, 11) is 1.62. The highest BCUT2D eigenvalue weighted by Gasteiger charge is 2.08. The van der Waals surface area contributed by atoms with Crippen molar-refractivity contribution >= 4 is 6.03 Å². The Balaban J connectivity index is 1.56. The maximum atomic E-state index is 12.1. The summed E-state index contributed by atoms with van der Waals surface area (Å²) in [6.45, 7) is 0.824. The summed E-state index contributed by atoms with van der Waals surface area (Å²) in [6, 6.07) is 14.9. The Morgan fingerprint density at radius 3 is 2.50 bits per heavy atom. The SMILES string of the molecule is COc1ccc(CNC(=O)NCc2cccnc2-c2cccnc2)cc1. The number of hydrogen-bond acceptors (Lipinski definition) is 4. The lowest BCUT2D eigenvalue weighted by Crippen LogP contribution is -2.34. The van der Waals surface area contributed by atoms with Crippen LogP contribution in [0, 0.1) is 0 Å². The predicted molar refractivity (Wildman–Crippen MR) is 99.5 cm³/mol. The number of hydrogen-bond donors (Lipinski definition) is 2. The minimum atomic E-state index is -0.234. The van der Waals surface area contributed by atoms with Crippen LogP contribution in [0.2, 0.25) is 0 Å². The van der Waals surface area contributed by atoms with E-state index in [0.29, 0.717) is 13.1 Å². The highest BCUT2D eigenvalue weighted by molar-refractivity contribution is 5.74. The number of nitrogens with one attached hydrogen (secondary N) is 2. The fourth-order valence-electron chi connectivity index (χ4n) is 2.51. The first-order valence-electron chi connectivity index (χ1n) is 8.25. The number of rotatable bonds is 6. The third-order valence-corrected chi connectivity index (χ3v) is 3.88. The molecule has 0 fully saturated rings. The van der Waals surface area contributed by atoms with Gasteiger partial charge in [-0.25, -0.2) is 4.79 Å². The molecule has 132 valence electrons. The van der Waals surface area contributed by atoms with Crippen LogP contribution in [0.25, 0.3) is 11.3 Å². The standard InChI is InChI=1S/C20H20N4O2/c1-26-18-8-6-15(7-9-18)12-23-20(25)24-14-17-5-3-11-22-19(17)16-4-2-10-21-13-16/h2-11,13H,12,14H2,1H3,(H2,23,24,25). The van der Waals surface area contributed by atoms with E-state index in [4.69, 9.17) is 4.74 Å². The third-order valence-electron chi connectivity index (χ3n) is 3.88. The molecular weight excluding hydrogens is 328 g/mol. The molecule has 26 heavy (non-hydrogen) atoms. The lowest BCUT2D eigenvalue weighted by atomic mass is 10.1. The number of urea groups is 1. The number of aromatic nitrogens is 2. The Bertz CT molecular complexity index is 851. The Morgan fingerprint density at radius 1 is 1.00 bits per heavy atom. The van der Waals surface area contributed by atoms with Crippen molar-refractivity contribution in [2.24, 2.45) is 0 Å². The first-order valence-corrected chi connectivity index (χ1v) is 8.25. The van der Waals surface area contributed by atoms with Gasteiger partial charge in [-0.2, -0.15) is 0 Å². The molecule has 0 atom stereocenters. The third kappa shape index (κ3) is 4.57. The zero-order chi connectivity index (χ0) is 18.2. The molecule has 0 aliphatic carbocycles. The molecule has 0 bridgehead atoms. The summed E-state index contributed by atoms with van der Waals surface area (Å²) in [5.41, 5.74) is 3.66. The molecule has 6 heteroatoms. The van der Waals surface area contributed by atoms with Crippen molar-refractivity contribution in [3.8, 4) is 17.0 Å². The lowest BCUT2D eigenvalue weighted by Gasteiger charge is -2.11. The molecule has 0 saturated carbocycles. The van der Waals surface area contributed by atoms with Gasteiger partial charge in [-0.15, -0.1) is 0 Å². The number of pyridine rings is 2. The highest BCUT2D eigenvalue weighted by atomic mass is 16.5. The molecule has 6 nitrogen and oxygen atoms in total. The van der Waals surface area contributed by atoms with E-state index in [1.165, 1.54) is 0 Å². The van der Waals surface area contributed by atoms with E-state index in [-0.39, 0.29) is 6.03 Å². The van der Waals surface area contributed by atoms with Crippen LogP contribution in [0.3, 0.4) is 0 Å². The molecule has 2 amide bonds. The number of ether oxygens (including phenoxy) is 1. The van der Waals surface area contributed by atoms with E-state index < -0.39 is 0 Å². The van der Waals surface area contributed by atoms with Crippen LogP contribution < -0.4 is 15.4 Å². The van der Waals surface area contributed by atoms with E-state index in [1.54, 1.807) is 25.7 Å². The van der Waals surface area contributed by atoms with Gasteiger partial charge in [0.25, 0.3) is 0 Å². The summed E-state index contributed by atoms with van der Waals surface area (Å²) >= 11 is 0. The van der Waals surface area contributed by atoms with Crippen molar-refractivity contribution in [1.82, 2.24) is 20.6 Å². The second kappa shape index (κ2) is 8.62. The zero-order valence-corrected chi connectivity index (χ0v) is 14.5. The molecule has 0 radical (unpaired) electrons. The minimum Gasteiger partial charge on any atom is -0.497 e. The van der Waals surface area contributed by atoms with E-state index >= 15 is 0 Å². The van der Waals surface area contributed by atoms with E-state index in [2.05, 4.69) is 20.6 Å². The lowest BCUT2D eigenvalue weighted by molar-refractivity contribution is 0.240. The van der Waals surface area contributed by atoms with Crippen LogP contribution in [-0.2, 0) is 13.1 Å². The zero-order valence-electron chi connectivity index (χ0n) is 14.5. The molecule has 2 N–H and O–H groups in total. The molecular formula is C20H20N4O2. The number of amides is 2. The van der Waals surface area contributed by atoms with E-state index in [1.807, 2.05) is 48.5 Å². The normalized spacial score (nSPS) is 10.2. The van der Waals surface area contributed by atoms with Crippen molar-refractivity contribution in [1.29, 1.82) is 0 Å². The number of benzene rings is 1. The van der Waals surface area contributed by atoms with Crippen molar-refractivity contribution in [3.05, 3.63) is 78.2 Å². The Morgan fingerprint density at radius 2 is 1.77 bits per heavy atom. The van der Waals surface area contributed by atoms with Gasteiger partial charge in [0.05, 0.1) is 12.8 Å². The van der Waals surface area contributed by atoms with Gasteiger partial charge in [0.15, 0.2) is 0 Å². The predicted octanol–water partition coefficient (Wildman–Crippen LogP) is 3.15. The molecule has 0 aliphatic rings. The summed E-state index contributed by atoms with van der Waals surface area (Å²) < 4.78 is 5.12. The van der Waals surface area contributed by atoms with Gasteiger partial charge in [0.1, 0.15) is 5.75 Å². The van der Waals surface area contributed by atoms with E-state index in [0.717, 1.165) is 28.1 Å². The number of methoxy groups -OCH3 is 1. The van der Waals surface area contributed by atoms with Crippen LogP contribution >= 0.6 is 0 Å². The first-order chi connectivity index (χ1) is 12.8. The summed E-state index contributed by atoms with van der Waals surface area (Å²) in [4.78, 5) is 20.6. The largest absolute Gasteiger partial charge is 0.497 e. The van der Waals surface area contributed by atoms with Gasteiger partial charge < -0.3 is 15.4 Å². The van der Waals surface area contributed by atoms with Gasteiger partial charge in [-0.05, 0) is 41.5 Å². The van der Waals surface area contributed by atoms with Gasteiger partial charge in [-0.3, -0.25) is 9.97 Å². The Hall–Kier alpha value is -3.41. The topological polar surface area (TPSA) is 76.1 Å². The number of carbonyl (C=O) groups excluding carboxylic acids is 1. The molecule has 0 aliphatic heterocycles. The van der Waals surface area contributed by atoms with Crippen molar-refractivity contribution in [3.63, 3.8) is 0 Å². The van der Waals surface area contributed by atoms with Crippen LogP contribution in [0.5, 0.6) is 5.75 Å². The maximum absolute atomic E-state index is 12.1. The molecule has 3 rings (SSSR count). The summed E-state index contributed by atoms with van der Waals surface area (Å²) in [5, 5.41) is 5.71. The first kappa shape index (κ1) is 17.4. The monoisotopic (exact) mass is 348 g/mol. The fourth-order valence-corrected chi connectivity index (χ4v) is 2.51. The van der Waals surface area contributed by atoms with Crippen LogP contribution in [0.4, 0.5) is 4.79 Å². The Labute approximate surface area is 152 Å². The molecule has 0 unspecified atom stereocenters. The van der Waals surface area contributed by atoms with Crippen molar-refractivity contribution in [2.75, 3.05) is 7.11 Å². The summed E-state index contributed by atoms with van der Waals surface area (Å²) in [5.74, 6) is 0.790. The number of carbonyl (C=O) groups is 1. The molecule has 0 spiro atoms. The second-order valence-corrected chi connectivity index (χ2v) is 5.64. The Kier molecular flexibility index (Phi) is 5.77. The van der Waals surface area contributed by atoms with Crippen molar-refractivity contribution in [2.45, 2.75) is 13.1 Å². The van der Waals surface area contributed by atoms with Gasteiger partial charge >= 0.3 is 6.03 Å². The summed E-state index contributed by atoms with van der Waals surface area (Å²) in [6.07, 6.45) is 5.21. The number of nitrogens with zero attached hydrogens (tertiary/aromatic N) is 2. The molecule has 2 heterocycles. The molecule has 2 aromatic heterocycles. The fraction of sp³-hybridized carbons (Fsp3) is 0.150. The van der Waals surface area contributed by atoms with Crippen molar-refractivity contribution < 1.29 is 9.53 Å². The molecule has 3 aromatic rings. The van der Waals surface area contributed by atoms with Crippen LogP contribution in [-0.4, -0.2) is 23.1 Å². The smallest absolute Gasteiger partial charge is 0.315 e. The van der Waals surface area contributed by atoms with Crippen LogP contribution in [0.1, 0.15) is 11.1 Å².